The van der Waals surface area contributed by atoms with Gasteiger partial charge in [-0.2, -0.15) is 4.98 Å². The molecule has 158 valence electrons. The van der Waals surface area contributed by atoms with Crippen LogP contribution in [0.4, 0.5) is 5.95 Å². The van der Waals surface area contributed by atoms with Crippen LogP contribution in [0.1, 0.15) is 16.6 Å². The number of rotatable bonds is 5. The van der Waals surface area contributed by atoms with E-state index in [4.69, 9.17) is 9.47 Å². The Balaban J connectivity index is 1.69. The minimum Gasteiger partial charge on any atom is -0.496 e. The number of aliphatic hydroxyl groups excluding tert-OH is 3. The Labute approximate surface area is 168 Å². The van der Waals surface area contributed by atoms with Crippen molar-refractivity contribution in [2.45, 2.75) is 24.5 Å². The first-order valence-electron chi connectivity index (χ1n) is 8.98. The highest BCUT2D eigenvalue weighted by Crippen LogP contribution is 2.31. The number of ether oxygens (including phenoxy) is 2. The Hall–Kier alpha value is -3.32. The summed E-state index contributed by atoms with van der Waals surface area (Å²) in [6.07, 6.45) is -3.63. The van der Waals surface area contributed by atoms with E-state index >= 15 is 0 Å². The third-order valence-electron chi connectivity index (χ3n) is 4.81. The molecule has 5 N–H and O–H groups in total. The Kier molecular flexibility index (Phi) is 5.22. The van der Waals surface area contributed by atoms with E-state index in [0.29, 0.717) is 5.75 Å². The van der Waals surface area contributed by atoms with Crippen LogP contribution in [0, 0.1) is 0 Å². The Morgan fingerprint density at radius 3 is 2.80 bits per heavy atom. The van der Waals surface area contributed by atoms with Crippen molar-refractivity contribution < 1.29 is 29.6 Å². The first kappa shape index (κ1) is 20.0. The van der Waals surface area contributed by atoms with Crippen molar-refractivity contribution in [3.63, 3.8) is 0 Å². The third-order valence-corrected chi connectivity index (χ3v) is 4.81. The number of hydrogen-bond acceptors (Lipinski definition) is 9. The summed E-state index contributed by atoms with van der Waals surface area (Å²) in [7, 11) is 1.43. The monoisotopic (exact) mass is 417 g/mol. The van der Waals surface area contributed by atoms with E-state index in [2.05, 4.69) is 20.3 Å². The number of aromatic nitrogens is 4. The highest BCUT2D eigenvalue weighted by atomic mass is 16.6. The molecule has 3 aromatic rings. The van der Waals surface area contributed by atoms with E-state index < -0.39 is 42.6 Å². The number of para-hydroxylation sites is 1. The van der Waals surface area contributed by atoms with Crippen LogP contribution in [-0.2, 0) is 4.74 Å². The van der Waals surface area contributed by atoms with Crippen LogP contribution < -0.4 is 15.6 Å². The molecule has 0 spiro atoms. The van der Waals surface area contributed by atoms with Gasteiger partial charge in [0.2, 0.25) is 5.95 Å². The predicted molar refractivity (Wildman–Crippen MR) is 102 cm³/mol. The van der Waals surface area contributed by atoms with E-state index in [9.17, 15) is 24.9 Å². The fraction of sp³-hybridized carbons (Fsp3) is 0.333. The first-order valence-corrected chi connectivity index (χ1v) is 8.98. The average Bonchev–Trinajstić information content (AvgIpc) is 3.29. The van der Waals surface area contributed by atoms with Crippen molar-refractivity contribution in [2.75, 3.05) is 19.0 Å². The predicted octanol–water partition coefficient (Wildman–Crippen LogP) is -1.01. The second kappa shape index (κ2) is 7.84. The minimum absolute atomic E-state index is 0.0175. The highest BCUT2D eigenvalue weighted by Gasteiger charge is 2.44. The van der Waals surface area contributed by atoms with Crippen LogP contribution in [0.5, 0.6) is 5.75 Å². The van der Waals surface area contributed by atoms with Gasteiger partial charge in [-0.15, -0.1) is 0 Å². The lowest BCUT2D eigenvalue weighted by molar-refractivity contribution is -0.0511. The van der Waals surface area contributed by atoms with Gasteiger partial charge in [-0.1, -0.05) is 12.1 Å². The number of aromatic amines is 1. The molecule has 1 aliphatic rings. The summed E-state index contributed by atoms with van der Waals surface area (Å²) < 4.78 is 11.9. The summed E-state index contributed by atoms with van der Waals surface area (Å²) in [5.74, 6) is -0.374. The minimum atomic E-state index is -1.38. The molecule has 0 aliphatic carbocycles. The van der Waals surface area contributed by atoms with Gasteiger partial charge in [-0.05, 0) is 12.1 Å². The van der Waals surface area contributed by atoms with Gasteiger partial charge in [0, 0.05) is 0 Å². The maximum Gasteiger partial charge on any atom is 0.280 e. The maximum atomic E-state index is 12.6. The van der Waals surface area contributed by atoms with E-state index in [1.165, 1.54) is 18.0 Å². The molecular formula is C18H19N5O7. The van der Waals surface area contributed by atoms with E-state index in [-0.39, 0.29) is 22.7 Å². The number of imidazole rings is 1. The van der Waals surface area contributed by atoms with Gasteiger partial charge in [0.05, 0.1) is 25.6 Å². The zero-order valence-electron chi connectivity index (χ0n) is 15.7. The van der Waals surface area contributed by atoms with Crippen molar-refractivity contribution in [3.8, 4) is 5.75 Å². The molecule has 4 atom stereocenters. The largest absolute Gasteiger partial charge is 0.496 e. The molecular weight excluding hydrogens is 398 g/mol. The molecule has 0 saturated carbocycles. The van der Waals surface area contributed by atoms with Crippen molar-refractivity contribution in [2.24, 2.45) is 0 Å². The molecule has 3 heterocycles. The number of aliphatic hydroxyl groups is 3. The quantitative estimate of drug-likeness (QED) is 0.349. The summed E-state index contributed by atoms with van der Waals surface area (Å²) >= 11 is 0. The van der Waals surface area contributed by atoms with E-state index in [0.717, 1.165) is 0 Å². The standard InChI is InChI=1S/C18H19N5O7/c1-29-9-5-3-2-4-8(9)15(27)21-18-20-14-11(16(28)22-18)19-7-23(14)17-13(26)12(25)10(6-24)30-17/h2-5,7,10,12-13,17,24-26H,6H2,1H3,(H2,20,21,22,27,28)/t10-,12-,13+,17-/m1/s1. The smallest absolute Gasteiger partial charge is 0.280 e. The molecule has 0 unspecified atom stereocenters. The second-order valence-electron chi connectivity index (χ2n) is 6.62. The molecule has 4 rings (SSSR count). The number of hydrogen-bond donors (Lipinski definition) is 5. The fourth-order valence-electron chi connectivity index (χ4n) is 3.29. The number of fused-ring (bicyclic) bond motifs is 1. The highest BCUT2D eigenvalue weighted by molar-refractivity contribution is 6.05. The number of nitrogens with one attached hydrogen (secondary N) is 2. The molecule has 1 saturated heterocycles. The van der Waals surface area contributed by atoms with Crippen LogP contribution in [-0.4, -0.2) is 72.8 Å². The number of H-pyrrole nitrogens is 1. The Morgan fingerprint density at radius 1 is 1.33 bits per heavy atom. The SMILES string of the molecule is COc1ccccc1C(=O)Nc1nc2c(ncn2[C@@H]2O[C@H](CO)[C@@H](O)[C@@H]2O)c(=O)[nH]1. The first-order chi connectivity index (χ1) is 14.4. The third kappa shape index (κ3) is 3.31. The molecule has 0 radical (unpaired) electrons. The summed E-state index contributed by atoms with van der Waals surface area (Å²) in [4.78, 5) is 35.6. The van der Waals surface area contributed by atoms with Crippen LogP contribution >= 0.6 is 0 Å². The molecule has 1 aliphatic heterocycles. The zero-order valence-corrected chi connectivity index (χ0v) is 15.7. The Morgan fingerprint density at radius 2 is 2.10 bits per heavy atom. The number of anilines is 1. The molecule has 30 heavy (non-hydrogen) atoms. The number of amides is 1. The van der Waals surface area contributed by atoms with Gasteiger partial charge in [-0.3, -0.25) is 24.5 Å². The van der Waals surface area contributed by atoms with Crippen LogP contribution in [0.3, 0.4) is 0 Å². The topological polar surface area (TPSA) is 172 Å². The van der Waals surface area contributed by atoms with Gasteiger partial charge in [0.1, 0.15) is 24.1 Å². The lowest BCUT2D eigenvalue weighted by Gasteiger charge is -2.16. The summed E-state index contributed by atoms with van der Waals surface area (Å²) in [6, 6.07) is 6.54. The van der Waals surface area contributed by atoms with Gasteiger partial charge in [-0.25, -0.2) is 4.98 Å². The van der Waals surface area contributed by atoms with Gasteiger partial charge in [0.15, 0.2) is 17.4 Å². The summed E-state index contributed by atoms with van der Waals surface area (Å²) in [5.41, 5.74) is -0.424. The van der Waals surface area contributed by atoms with Crippen LogP contribution in [0.2, 0.25) is 0 Å². The van der Waals surface area contributed by atoms with Gasteiger partial charge >= 0.3 is 0 Å². The fourth-order valence-corrected chi connectivity index (χ4v) is 3.29. The second-order valence-corrected chi connectivity index (χ2v) is 6.62. The van der Waals surface area contributed by atoms with Crippen LogP contribution in [0.25, 0.3) is 11.2 Å². The van der Waals surface area contributed by atoms with Gasteiger partial charge in [0.25, 0.3) is 11.5 Å². The molecule has 12 heteroatoms. The number of methoxy groups -OCH3 is 1. The van der Waals surface area contributed by atoms with Crippen LogP contribution in [0.15, 0.2) is 35.4 Å². The molecule has 0 bridgehead atoms. The number of benzene rings is 1. The number of carbonyl (C=O) groups is 1. The average molecular weight is 417 g/mol. The lowest BCUT2D eigenvalue weighted by Crippen LogP contribution is -2.33. The molecule has 2 aromatic heterocycles. The number of nitrogens with zero attached hydrogens (tertiary/aromatic N) is 3. The van der Waals surface area contributed by atoms with E-state index in [1.807, 2.05) is 0 Å². The van der Waals surface area contributed by atoms with Crippen molar-refractivity contribution >= 4 is 23.0 Å². The lowest BCUT2D eigenvalue weighted by atomic mass is 10.1. The zero-order chi connectivity index (χ0) is 21.4. The van der Waals surface area contributed by atoms with Crippen molar-refractivity contribution in [1.82, 2.24) is 19.5 Å². The molecule has 1 aromatic carbocycles. The normalized spacial score (nSPS) is 23.6. The van der Waals surface area contributed by atoms with E-state index in [1.54, 1.807) is 24.3 Å². The van der Waals surface area contributed by atoms with Gasteiger partial charge < -0.3 is 24.8 Å². The summed E-state index contributed by atoms with van der Waals surface area (Å²) in [5, 5.41) is 32.0. The number of carbonyl (C=O) groups excluding carboxylic acids is 1. The van der Waals surface area contributed by atoms with Crippen molar-refractivity contribution in [1.29, 1.82) is 0 Å². The summed E-state index contributed by atoms with van der Waals surface area (Å²) in [6.45, 7) is -0.504. The Bertz CT molecular complexity index is 1140. The maximum absolute atomic E-state index is 12.6. The molecule has 1 amide bonds. The molecule has 1 fully saturated rings. The van der Waals surface area contributed by atoms with Crippen molar-refractivity contribution in [3.05, 3.63) is 46.5 Å². The molecule has 12 nitrogen and oxygen atoms in total.